The monoisotopic (exact) mass is 230 g/mol. The van der Waals surface area contributed by atoms with Gasteiger partial charge in [0.1, 0.15) is 5.82 Å². The zero-order chi connectivity index (χ0) is 12.3. The van der Waals surface area contributed by atoms with Gasteiger partial charge in [-0.15, -0.1) is 0 Å². The number of aromatic nitrogens is 2. The zero-order valence-corrected chi connectivity index (χ0v) is 9.79. The number of benzene rings is 1. The third-order valence-electron chi connectivity index (χ3n) is 2.40. The van der Waals surface area contributed by atoms with Crippen molar-refractivity contribution in [3.63, 3.8) is 0 Å². The Balaban J connectivity index is 2.37. The Morgan fingerprint density at radius 3 is 2.53 bits per heavy atom. The average Bonchev–Trinajstić information content (AvgIpc) is 2.38. The summed E-state index contributed by atoms with van der Waals surface area (Å²) in [6, 6.07) is 11.6. The first-order chi connectivity index (χ1) is 8.20. The van der Waals surface area contributed by atoms with Crippen LogP contribution in [-0.2, 0) is 0 Å². The van der Waals surface area contributed by atoms with E-state index < -0.39 is 0 Å². The molecule has 0 spiro atoms. The van der Waals surface area contributed by atoms with E-state index in [0.717, 1.165) is 5.69 Å². The Labute approximate surface area is 99.9 Å². The molecule has 0 aliphatic rings. The number of rotatable bonds is 3. The van der Waals surface area contributed by atoms with Gasteiger partial charge in [-0.3, -0.25) is 0 Å². The maximum Gasteiger partial charge on any atom is 0.225 e. The number of anilines is 3. The predicted molar refractivity (Wildman–Crippen MR) is 67.5 cm³/mol. The lowest BCUT2D eigenvalue weighted by molar-refractivity contribution is 0.398. The van der Waals surface area contributed by atoms with E-state index in [1.54, 1.807) is 13.2 Å². The number of nitrogen functional groups attached to an aromatic ring is 1. The number of hydrogen-bond donors (Lipinski definition) is 1. The van der Waals surface area contributed by atoms with E-state index in [1.807, 2.05) is 42.3 Å². The van der Waals surface area contributed by atoms with E-state index >= 15 is 0 Å². The SMILES string of the molecule is COc1cc(N(C)c2ccccc2)nc(N)n1. The molecule has 0 atom stereocenters. The van der Waals surface area contributed by atoms with Crippen molar-refractivity contribution < 1.29 is 4.74 Å². The second-order valence-electron chi connectivity index (χ2n) is 3.52. The molecule has 0 unspecified atom stereocenters. The molecule has 0 aliphatic heterocycles. The number of para-hydroxylation sites is 1. The summed E-state index contributed by atoms with van der Waals surface area (Å²) in [6.07, 6.45) is 0. The quantitative estimate of drug-likeness (QED) is 0.871. The highest BCUT2D eigenvalue weighted by atomic mass is 16.5. The van der Waals surface area contributed by atoms with Crippen LogP contribution < -0.4 is 15.4 Å². The van der Waals surface area contributed by atoms with Crippen molar-refractivity contribution >= 4 is 17.5 Å². The van der Waals surface area contributed by atoms with Crippen molar-refractivity contribution in [3.05, 3.63) is 36.4 Å². The molecule has 2 rings (SSSR count). The van der Waals surface area contributed by atoms with Crippen molar-refractivity contribution in [1.82, 2.24) is 9.97 Å². The minimum absolute atomic E-state index is 0.196. The van der Waals surface area contributed by atoms with Gasteiger partial charge in [0, 0.05) is 18.8 Å². The van der Waals surface area contributed by atoms with E-state index in [0.29, 0.717) is 11.7 Å². The number of hydrogen-bond acceptors (Lipinski definition) is 5. The van der Waals surface area contributed by atoms with Crippen LogP contribution >= 0.6 is 0 Å². The lowest BCUT2D eigenvalue weighted by Crippen LogP contribution is -2.12. The first-order valence-electron chi connectivity index (χ1n) is 5.18. The van der Waals surface area contributed by atoms with Crippen LogP contribution in [0.5, 0.6) is 5.88 Å². The van der Waals surface area contributed by atoms with Gasteiger partial charge in [-0.25, -0.2) is 0 Å². The summed E-state index contributed by atoms with van der Waals surface area (Å²) in [4.78, 5) is 10.0. The molecule has 1 aromatic heterocycles. The smallest absolute Gasteiger partial charge is 0.225 e. The molecular formula is C12H14N4O. The summed E-state index contributed by atoms with van der Waals surface area (Å²) in [5, 5.41) is 0. The van der Waals surface area contributed by atoms with Crippen molar-refractivity contribution in [2.24, 2.45) is 0 Å². The maximum absolute atomic E-state index is 5.62. The highest BCUT2D eigenvalue weighted by Gasteiger charge is 2.08. The van der Waals surface area contributed by atoms with Crippen LogP contribution in [0.25, 0.3) is 0 Å². The fourth-order valence-electron chi connectivity index (χ4n) is 1.49. The second kappa shape index (κ2) is 4.69. The Hall–Kier alpha value is -2.30. The Morgan fingerprint density at radius 2 is 1.88 bits per heavy atom. The van der Waals surface area contributed by atoms with E-state index in [9.17, 15) is 0 Å². The molecule has 2 aromatic rings. The zero-order valence-electron chi connectivity index (χ0n) is 9.79. The maximum atomic E-state index is 5.62. The summed E-state index contributed by atoms with van der Waals surface area (Å²) in [5.41, 5.74) is 6.64. The lowest BCUT2D eigenvalue weighted by Gasteiger charge is -2.18. The molecule has 1 aromatic carbocycles. The van der Waals surface area contributed by atoms with Gasteiger partial charge in [-0.2, -0.15) is 9.97 Å². The average molecular weight is 230 g/mol. The van der Waals surface area contributed by atoms with Crippen LogP contribution in [-0.4, -0.2) is 24.1 Å². The molecule has 5 heteroatoms. The van der Waals surface area contributed by atoms with Gasteiger partial charge in [0.2, 0.25) is 11.8 Å². The summed E-state index contributed by atoms with van der Waals surface area (Å²) >= 11 is 0. The fraction of sp³-hybridized carbons (Fsp3) is 0.167. The number of nitrogens with zero attached hydrogens (tertiary/aromatic N) is 3. The third-order valence-corrected chi connectivity index (χ3v) is 2.40. The molecule has 0 amide bonds. The molecule has 0 radical (unpaired) electrons. The third kappa shape index (κ3) is 2.44. The fourth-order valence-corrected chi connectivity index (χ4v) is 1.49. The standard InChI is InChI=1S/C12H14N4O/c1-16(9-6-4-3-5-7-9)10-8-11(17-2)15-12(13)14-10/h3-8H,1-2H3,(H2,13,14,15). The summed E-state index contributed by atoms with van der Waals surface area (Å²) in [7, 11) is 3.46. The van der Waals surface area contributed by atoms with Crippen molar-refractivity contribution in [2.75, 3.05) is 24.8 Å². The molecule has 2 N–H and O–H groups in total. The van der Waals surface area contributed by atoms with Gasteiger partial charge in [0.05, 0.1) is 7.11 Å². The summed E-state index contributed by atoms with van der Waals surface area (Å²) in [6.45, 7) is 0. The molecule has 0 fully saturated rings. The molecule has 0 aliphatic carbocycles. The Bertz CT molecular complexity index is 501. The largest absolute Gasteiger partial charge is 0.481 e. The van der Waals surface area contributed by atoms with E-state index in [4.69, 9.17) is 10.5 Å². The number of nitrogens with two attached hydrogens (primary N) is 1. The van der Waals surface area contributed by atoms with Gasteiger partial charge >= 0.3 is 0 Å². The minimum atomic E-state index is 0.196. The molecule has 0 saturated heterocycles. The van der Waals surface area contributed by atoms with Crippen LogP contribution in [0.4, 0.5) is 17.5 Å². The number of methoxy groups -OCH3 is 1. The van der Waals surface area contributed by atoms with E-state index in [2.05, 4.69) is 9.97 Å². The van der Waals surface area contributed by atoms with Gasteiger partial charge < -0.3 is 15.4 Å². The molecule has 5 nitrogen and oxygen atoms in total. The molecule has 0 bridgehead atoms. The van der Waals surface area contributed by atoms with Crippen LogP contribution in [0, 0.1) is 0 Å². The minimum Gasteiger partial charge on any atom is -0.481 e. The molecule has 88 valence electrons. The van der Waals surface area contributed by atoms with Crippen LogP contribution in [0.2, 0.25) is 0 Å². The molecular weight excluding hydrogens is 216 g/mol. The van der Waals surface area contributed by atoms with Crippen molar-refractivity contribution in [2.45, 2.75) is 0 Å². The molecule has 1 heterocycles. The summed E-state index contributed by atoms with van der Waals surface area (Å²) < 4.78 is 5.06. The van der Waals surface area contributed by atoms with Crippen LogP contribution in [0.1, 0.15) is 0 Å². The van der Waals surface area contributed by atoms with Crippen molar-refractivity contribution in [3.8, 4) is 5.88 Å². The Kier molecular flexibility index (Phi) is 3.09. The molecule has 17 heavy (non-hydrogen) atoms. The topological polar surface area (TPSA) is 64.3 Å². The number of ether oxygens (including phenoxy) is 1. The van der Waals surface area contributed by atoms with Gasteiger partial charge in [0.25, 0.3) is 0 Å². The van der Waals surface area contributed by atoms with Gasteiger partial charge in [-0.1, -0.05) is 18.2 Å². The van der Waals surface area contributed by atoms with Gasteiger partial charge in [0.15, 0.2) is 0 Å². The first kappa shape index (κ1) is 11.2. The van der Waals surface area contributed by atoms with Crippen molar-refractivity contribution in [1.29, 1.82) is 0 Å². The van der Waals surface area contributed by atoms with Crippen LogP contribution in [0.3, 0.4) is 0 Å². The predicted octanol–water partition coefficient (Wildman–Crippen LogP) is 1.84. The van der Waals surface area contributed by atoms with Gasteiger partial charge in [-0.05, 0) is 12.1 Å². The Morgan fingerprint density at radius 1 is 1.18 bits per heavy atom. The van der Waals surface area contributed by atoms with E-state index in [-0.39, 0.29) is 5.95 Å². The lowest BCUT2D eigenvalue weighted by atomic mass is 10.3. The highest BCUT2D eigenvalue weighted by molar-refractivity contribution is 5.60. The van der Waals surface area contributed by atoms with Crippen LogP contribution in [0.15, 0.2) is 36.4 Å². The summed E-state index contributed by atoms with van der Waals surface area (Å²) in [5.74, 6) is 1.35. The normalized spacial score (nSPS) is 10.0. The first-order valence-corrected chi connectivity index (χ1v) is 5.18. The van der Waals surface area contributed by atoms with E-state index in [1.165, 1.54) is 0 Å². The molecule has 0 saturated carbocycles. The highest BCUT2D eigenvalue weighted by Crippen LogP contribution is 2.24. The second-order valence-corrected chi connectivity index (χ2v) is 3.52.